The third kappa shape index (κ3) is 2.60. The Morgan fingerprint density at radius 3 is 2.73 bits per heavy atom. The zero-order valence-electron chi connectivity index (χ0n) is 9.46. The van der Waals surface area contributed by atoms with Gasteiger partial charge in [-0.15, -0.1) is 0 Å². The maximum Gasteiger partial charge on any atom is 0.0456 e. The predicted octanol–water partition coefficient (Wildman–Crippen LogP) is 2.66. The number of aryl methyl sites for hydroxylation is 1. The molecule has 0 atom stereocenters. The molecule has 0 aliphatic heterocycles. The molecule has 80 valence electrons. The molecule has 1 aromatic heterocycles. The highest BCUT2D eigenvalue weighted by molar-refractivity contribution is 5.80. The number of hydrogen-bond donors (Lipinski definition) is 1. The van der Waals surface area contributed by atoms with Crippen LogP contribution in [0.2, 0.25) is 0 Å². The Bertz CT molecular complexity index is 396. The summed E-state index contributed by atoms with van der Waals surface area (Å²) in [5.41, 5.74) is 2.59. The molecule has 0 unspecified atom stereocenters. The lowest BCUT2D eigenvalue weighted by atomic mass is 10.2. The molecule has 0 radical (unpaired) electrons. The lowest BCUT2D eigenvalue weighted by Crippen LogP contribution is -2.13. The number of aromatic amines is 1. The monoisotopic (exact) mass is 202 g/mol. The van der Waals surface area contributed by atoms with E-state index in [9.17, 15) is 0 Å². The molecule has 0 spiro atoms. The first kappa shape index (κ1) is 10.2. The summed E-state index contributed by atoms with van der Waals surface area (Å²) >= 11 is 0. The fourth-order valence-electron chi connectivity index (χ4n) is 1.85. The van der Waals surface area contributed by atoms with Crippen LogP contribution in [0.5, 0.6) is 0 Å². The summed E-state index contributed by atoms with van der Waals surface area (Å²) in [5.74, 6) is 0. The van der Waals surface area contributed by atoms with Crippen molar-refractivity contribution in [2.75, 3.05) is 20.6 Å². The summed E-state index contributed by atoms with van der Waals surface area (Å²) in [6.45, 7) is 1.15. The zero-order valence-corrected chi connectivity index (χ0v) is 9.46. The van der Waals surface area contributed by atoms with Crippen molar-refractivity contribution in [1.29, 1.82) is 0 Å². The summed E-state index contributed by atoms with van der Waals surface area (Å²) in [4.78, 5) is 5.68. The van der Waals surface area contributed by atoms with Gasteiger partial charge in [0, 0.05) is 11.2 Å². The average molecular weight is 202 g/mol. The Balaban J connectivity index is 2.03. The van der Waals surface area contributed by atoms with Gasteiger partial charge in [0.15, 0.2) is 0 Å². The molecule has 2 nitrogen and oxygen atoms in total. The van der Waals surface area contributed by atoms with E-state index in [1.165, 1.54) is 23.0 Å². The average Bonchev–Trinajstić information content (AvgIpc) is 2.59. The molecule has 0 bridgehead atoms. The van der Waals surface area contributed by atoms with E-state index in [4.69, 9.17) is 0 Å². The molecular weight excluding hydrogens is 184 g/mol. The van der Waals surface area contributed by atoms with Gasteiger partial charge in [0.1, 0.15) is 0 Å². The maximum absolute atomic E-state index is 3.45. The Kier molecular flexibility index (Phi) is 3.07. The topological polar surface area (TPSA) is 19.0 Å². The molecule has 2 aromatic rings. The predicted molar refractivity (Wildman–Crippen MR) is 65.2 cm³/mol. The number of fused-ring (bicyclic) bond motifs is 1. The van der Waals surface area contributed by atoms with Crippen LogP contribution in [0.3, 0.4) is 0 Å². The molecular formula is C13H18N2. The third-order valence-electron chi connectivity index (χ3n) is 2.64. The van der Waals surface area contributed by atoms with Gasteiger partial charge in [0.25, 0.3) is 0 Å². The van der Waals surface area contributed by atoms with Gasteiger partial charge in [0.2, 0.25) is 0 Å². The molecule has 0 aliphatic carbocycles. The first-order valence-corrected chi connectivity index (χ1v) is 5.47. The molecule has 1 aromatic carbocycles. The Hall–Kier alpha value is -1.28. The van der Waals surface area contributed by atoms with E-state index in [0.717, 1.165) is 13.0 Å². The molecule has 1 N–H and O–H groups in total. The summed E-state index contributed by atoms with van der Waals surface area (Å²) in [6.07, 6.45) is 2.34. The highest BCUT2D eigenvalue weighted by atomic mass is 15.0. The number of H-pyrrole nitrogens is 1. The number of hydrogen-bond acceptors (Lipinski definition) is 1. The van der Waals surface area contributed by atoms with Crippen molar-refractivity contribution in [2.45, 2.75) is 12.8 Å². The smallest absolute Gasteiger partial charge is 0.0456 e. The molecule has 2 rings (SSSR count). The highest BCUT2D eigenvalue weighted by Crippen LogP contribution is 2.15. The Morgan fingerprint density at radius 1 is 1.20 bits per heavy atom. The van der Waals surface area contributed by atoms with Gasteiger partial charge in [-0.05, 0) is 51.0 Å². The number of nitrogens with zero attached hydrogens (tertiary/aromatic N) is 1. The number of nitrogens with one attached hydrogen (secondary N) is 1. The minimum Gasteiger partial charge on any atom is -0.358 e. The van der Waals surface area contributed by atoms with Crippen LogP contribution in [0.1, 0.15) is 12.1 Å². The lowest BCUT2D eigenvalue weighted by molar-refractivity contribution is 0.400. The van der Waals surface area contributed by atoms with Crippen LogP contribution in [0.15, 0.2) is 30.3 Å². The zero-order chi connectivity index (χ0) is 10.7. The lowest BCUT2D eigenvalue weighted by Gasteiger charge is -2.07. The van der Waals surface area contributed by atoms with Crippen LogP contribution in [0, 0.1) is 0 Å². The van der Waals surface area contributed by atoms with Crippen LogP contribution in [0.25, 0.3) is 10.9 Å². The van der Waals surface area contributed by atoms with Crippen molar-refractivity contribution in [1.82, 2.24) is 9.88 Å². The number of benzene rings is 1. The fraction of sp³-hybridized carbons (Fsp3) is 0.385. The third-order valence-corrected chi connectivity index (χ3v) is 2.64. The van der Waals surface area contributed by atoms with Crippen LogP contribution < -0.4 is 0 Å². The van der Waals surface area contributed by atoms with Gasteiger partial charge in [-0.1, -0.05) is 18.2 Å². The van der Waals surface area contributed by atoms with Crippen molar-refractivity contribution < 1.29 is 0 Å². The molecule has 0 saturated heterocycles. The second-order valence-corrected chi connectivity index (χ2v) is 4.29. The Labute approximate surface area is 90.9 Å². The van der Waals surface area contributed by atoms with Crippen LogP contribution in [-0.2, 0) is 6.42 Å². The number of rotatable bonds is 4. The highest BCUT2D eigenvalue weighted by Gasteiger charge is 1.99. The van der Waals surface area contributed by atoms with Gasteiger partial charge in [-0.2, -0.15) is 0 Å². The van der Waals surface area contributed by atoms with E-state index in [1.54, 1.807) is 0 Å². The van der Waals surface area contributed by atoms with E-state index < -0.39 is 0 Å². The van der Waals surface area contributed by atoms with E-state index in [2.05, 4.69) is 54.3 Å². The van der Waals surface area contributed by atoms with E-state index in [-0.39, 0.29) is 0 Å². The maximum atomic E-state index is 3.45. The fourth-order valence-corrected chi connectivity index (χ4v) is 1.85. The van der Waals surface area contributed by atoms with Crippen molar-refractivity contribution in [3.05, 3.63) is 36.0 Å². The van der Waals surface area contributed by atoms with E-state index in [1.807, 2.05) is 0 Å². The second kappa shape index (κ2) is 4.49. The van der Waals surface area contributed by atoms with Crippen LogP contribution >= 0.6 is 0 Å². The second-order valence-electron chi connectivity index (χ2n) is 4.29. The number of aromatic nitrogens is 1. The SMILES string of the molecule is CN(C)CCCc1cc2ccccc2[nH]1. The quantitative estimate of drug-likeness (QED) is 0.807. The van der Waals surface area contributed by atoms with Crippen molar-refractivity contribution >= 4 is 10.9 Å². The molecule has 2 heteroatoms. The first-order valence-electron chi connectivity index (χ1n) is 5.47. The molecule has 0 saturated carbocycles. The minimum absolute atomic E-state index is 1.13. The summed E-state index contributed by atoms with van der Waals surface area (Å²) in [7, 11) is 4.23. The first-order chi connectivity index (χ1) is 7.25. The summed E-state index contributed by atoms with van der Waals surface area (Å²) in [6, 6.07) is 10.7. The van der Waals surface area contributed by atoms with Gasteiger partial charge in [-0.25, -0.2) is 0 Å². The van der Waals surface area contributed by atoms with E-state index in [0.29, 0.717) is 0 Å². The van der Waals surface area contributed by atoms with Gasteiger partial charge >= 0.3 is 0 Å². The van der Waals surface area contributed by atoms with Crippen molar-refractivity contribution in [2.24, 2.45) is 0 Å². The standard InChI is InChI=1S/C13H18N2/c1-15(2)9-5-7-12-10-11-6-3-4-8-13(11)14-12/h3-4,6,8,10,14H,5,7,9H2,1-2H3. The normalized spacial score (nSPS) is 11.4. The molecule has 1 heterocycles. The van der Waals surface area contributed by atoms with Crippen molar-refractivity contribution in [3.63, 3.8) is 0 Å². The Morgan fingerprint density at radius 2 is 2.00 bits per heavy atom. The molecule has 0 aliphatic rings. The summed E-state index contributed by atoms with van der Waals surface area (Å²) < 4.78 is 0. The van der Waals surface area contributed by atoms with Crippen LogP contribution in [0.4, 0.5) is 0 Å². The van der Waals surface area contributed by atoms with Crippen molar-refractivity contribution in [3.8, 4) is 0 Å². The molecule has 0 amide bonds. The van der Waals surface area contributed by atoms with E-state index >= 15 is 0 Å². The minimum atomic E-state index is 1.13. The number of para-hydroxylation sites is 1. The molecule has 0 fully saturated rings. The molecule has 15 heavy (non-hydrogen) atoms. The van der Waals surface area contributed by atoms with Crippen LogP contribution in [-0.4, -0.2) is 30.5 Å². The van der Waals surface area contributed by atoms with Gasteiger partial charge < -0.3 is 9.88 Å². The van der Waals surface area contributed by atoms with Gasteiger partial charge in [0.05, 0.1) is 0 Å². The van der Waals surface area contributed by atoms with Gasteiger partial charge in [-0.3, -0.25) is 0 Å². The largest absolute Gasteiger partial charge is 0.358 e. The summed E-state index contributed by atoms with van der Waals surface area (Å²) in [5, 5.41) is 1.32.